The van der Waals surface area contributed by atoms with E-state index < -0.39 is 0 Å². The van der Waals surface area contributed by atoms with Crippen LogP contribution in [-0.4, -0.2) is 40.4 Å². The van der Waals surface area contributed by atoms with Gasteiger partial charge in [0.2, 0.25) is 0 Å². The molecule has 1 rings (SSSR count). The quantitative estimate of drug-likeness (QED) is 0.867. The second kappa shape index (κ2) is 6.89. The van der Waals surface area contributed by atoms with Crippen molar-refractivity contribution in [3.8, 4) is 0 Å². The van der Waals surface area contributed by atoms with Crippen LogP contribution >= 0.6 is 15.9 Å². The molecule has 18 heavy (non-hydrogen) atoms. The number of anilines is 1. The number of aromatic nitrogens is 2. The molecule has 1 atom stereocenters. The Kier molecular flexibility index (Phi) is 5.81. The van der Waals surface area contributed by atoms with Crippen LogP contribution in [-0.2, 0) is 7.05 Å². The highest BCUT2D eigenvalue weighted by Crippen LogP contribution is 2.17. The van der Waals surface area contributed by atoms with E-state index >= 15 is 0 Å². The minimum atomic E-state index is -0.130. The molecule has 0 radical (unpaired) electrons. The van der Waals surface area contributed by atoms with Crippen molar-refractivity contribution < 1.29 is 0 Å². The lowest BCUT2D eigenvalue weighted by Crippen LogP contribution is -2.35. The van der Waals surface area contributed by atoms with Crippen LogP contribution in [0.2, 0.25) is 0 Å². The van der Waals surface area contributed by atoms with Gasteiger partial charge in [0.25, 0.3) is 5.56 Å². The van der Waals surface area contributed by atoms with Crippen LogP contribution in [0.25, 0.3) is 0 Å². The maximum Gasteiger partial charge on any atom is 0.282 e. The lowest BCUT2D eigenvalue weighted by Gasteiger charge is -2.24. The first-order valence-electron chi connectivity index (χ1n) is 6.20. The maximum atomic E-state index is 11.7. The Morgan fingerprint density at radius 3 is 2.67 bits per heavy atom. The van der Waals surface area contributed by atoms with Crippen LogP contribution in [0, 0.1) is 0 Å². The number of nitrogens with zero attached hydrogens (tertiary/aromatic N) is 3. The van der Waals surface area contributed by atoms with Crippen LogP contribution < -0.4 is 10.9 Å². The molecule has 0 aliphatic rings. The number of hydrogen-bond acceptors (Lipinski definition) is 4. The first kappa shape index (κ1) is 15.2. The van der Waals surface area contributed by atoms with Gasteiger partial charge in [-0.1, -0.05) is 13.8 Å². The van der Waals surface area contributed by atoms with Gasteiger partial charge in [0.15, 0.2) is 0 Å². The summed E-state index contributed by atoms with van der Waals surface area (Å²) in [6.07, 6.45) is 1.67. The molecular weight excluding hydrogens is 296 g/mol. The van der Waals surface area contributed by atoms with Crippen LogP contribution in [0.3, 0.4) is 0 Å². The molecule has 0 amide bonds. The van der Waals surface area contributed by atoms with Crippen LogP contribution in [0.15, 0.2) is 15.5 Å². The van der Waals surface area contributed by atoms with Gasteiger partial charge in [-0.2, -0.15) is 5.10 Å². The fourth-order valence-corrected chi connectivity index (χ4v) is 2.26. The van der Waals surface area contributed by atoms with E-state index in [1.807, 2.05) is 0 Å². The van der Waals surface area contributed by atoms with E-state index in [4.69, 9.17) is 0 Å². The van der Waals surface area contributed by atoms with E-state index in [9.17, 15) is 4.79 Å². The van der Waals surface area contributed by atoms with Gasteiger partial charge >= 0.3 is 0 Å². The zero-order valence-corrected chi connectivity index (χ0v) is 13.0. The van der Waals surface area contributed by atoms with E-state index in [0.717, 1.165) is 25.3 Å². The zero-order chi connectivity index (χ0) is 13.7. The molecule has 0 fully saturated rings. The molecule has 6 heteroatoms. The fourth-order valence-electron chi connectivity index (χ4n) is 1.79. The van der Waals surface area contributed by atoms with Crippen molar-refractivity contribution in [2.75, 3.05) is 25.0 Å². The summed E-state index contributed by atoms with van der Waals surface area (Å²) in [6.45, 7) is 9.38. The summed E-state index contributed by atoms with van der Waals surface area (Å²) in [5, 5.41) is 7.32. The SMILES string of the molecule is CCN(CC)CC(C)Nc1cnn(C)c(=O)c1Br. The van der Waals surface area contributed by atoms with Gasteiger partial charge in [0.1, 0.15) is 4.47 Å². The average Bonchev–Trinajstić information content (AvgIpc) is 2.36. The predicted molar refractivity (Wildman–Crippen MR) is 78.1 cm³/mol. The van der Waals surface area contributed by atoms with E-state index in [2.05, 4.69) is 52.0 Å². The molecule has 1 aromatic rings. The third-order valence-electron chi connectivity index (χ3n) is 2.91. The van der Waals surface area contributed by atoms with Crippen molar-refractivity contribution in [1.29, 1.82) is 0 Å². The van der Waals surface area contributed by atoms with Crippen molar-refractivity contribution in [1.82, 2.24) is 14.7 Å². The normalized spacial score (nSPS) is 12.8. The number of rotatable bonds is 6. The lowest BCUT2D eigenvalue weighted by molar-refractivity contribution is 0.294. The molecule has 0 spiro atoms. The predicted octanol–water partition coefficient (Wildman–Crippen LogP) is 1.68. The molecule has 1 N–H and O–H groups in total. The monoisotopic (exact) mass is 316 g/mol. The Balaban J connectivity index is 2.73. The molecular formula is C12H21BrN4O. The molecule has 102 valence electrons. The summed E-state index contributed by atoms with van der Waals surface area (Å²) in [7, 11) is 1.64. The highest BCUT2D eigenvalue weighted by molar-refractivity contribution is 9.10. The second-order valence-electron chi connectivity index (χ2n) is 4.33. The molecule has 1 heterocycles. The number of hydrogen-bond donors (Lipinski definition) is 1. The van der Waals surface area contributed by atoms with Crippen molar-refractivity contribution in [2.45, 2.75) is 26.8 Å². The Morgan fingerprint density at radius 1 is 1.50 bits per heavy atom. The summed E-state index contributed by atoms with van der Waals surface area (Å²) in [5.74, 6) is 0. The largest absolute Gasteiger partial charge is 0.379 e. The van der Waals surface area contributed by atoms with Gasteiger partial charge < -0.3 is 10.2 Å². The summed E-state index contributed by atoms with van der Waals surface area (Å²) in [5.41, 5.74) is 0.618. The smallest absolute Gasteiger partial charge is 0.282 e. The molecule has 1 aromatic heterocycles. The van der Waals surface area contributed by atoms with Crippen molar-refractivity contribution in [3.63, 3.8) is 0 Å². The Hall–Kier alpha value is -0.880. The van der Waals surface area contributed by atoms with Crippen molar-refractivity contribution in [3.05, 3.63) is 21.0 Å². The molecule has 0 bridgehead atoms. The van der Waals surface area contributed by atoms with E-state index in [-0.39, 0.29) is 11.6 Å². The minimum absolute atomic E-state index is 0.130. The summed E-state index contributed by atoms with van der Waals surface area (Å²) >= 11 is 3.31. The van der Waals surface area contributed by atoms with Gasteiger partial charge in [-0.3, -0.25) is 4.79 Å². The summed E-state index contributed by atoms with van der Waals surface area (Å²) < 4.78 is 1.84. The summed E-state index contributed by atoms with van der Waals surface area (Å²) in [6, 6.07) is 0.259. The minimum Gasteiger partial charge on any atom is -0.379 e. The third-order valence-corrected chi connectivity index (χ3v) is 3.67. The van der Waals surface area contributed by atoms with E-state index in [1.165, 1.54) is 4.68 Å². The van der Waals surface area contributed by atoms with Crippen molar-refractivity contribution in [2.24, 2.45) is 7.05 Å². The zero-order valence-electron chi connectivity index (χ0n) is 11.4. The van der Waals surface area contributed by atoms with Gasteiger partial charge in [-0.15, -0.1) is 0 Å². The molecule has 0 saturated heterocycles. The van der Waals surface area contributed by atoms with Gasteiger partial charge in [-0.25, -0.2) is 4.68 Å². The number of likely N-dealkylation sites (N-methyl/N-ethyl adjacent to an activating group) is 1. The third kappa shape index (κ3) is 3.81. The molecule has 5 nitrogen and oxygen atoms in total. The highest BCUT2D eigenvalue weighted by Gasteiger charge is 2.11. The lowest BCUT2D eigenvalue weighted by atomic mass is 10.3. The first-order valence-corrected chi connectivity index (χ1v) is 6.99. The first-order chi connectivity index (χ1) is 8.49. The molecule has 0 aliphatic heterocycles. The number of aryl methyl sites for hydroxylation is 1. The van der Waals surface area contributed by atoms with Crippen molar-refractivity contribution >= 4 is 21.6 Å². The molecule has 1 unspecified atom stereocenters. The highest BCUT2D eigenvalue weighted by atomic mass is 79.9. The molecule has 0 aromatic carbocycles. The maximum absolute atomic E-state index is 11.7. The van der Waals surface area contributed by atoms with Crippen LogP contribution in [0.1, 0.15) is 20.8 Å². The fraction of sp³-hybridized carbons (Fsp3) is 0.667. The average molecular weight is 317 g/mol. The Bertz CT molecular complexity index is 442. The Labute approximate surface area is 116 Å². The summed E-state index contributed by atoms with van der Waals surface area (Å²) in [4.78, 5) is 14.0. The topological polar surface area (TPSA) is 50.2 Å². The molecule has 0 aliphatic carbocycles. The van der Waals surface area contributed by atoms with Crippen LogP contribution in [0.4, 0.5) is 5.69 Å². The van der Waals surface area contributed by atoms with Gasteiger partial charge in [-0.05, 0) is 35.9 Å². The number of halogens is 1. The van der Waals surface area contributed by atoms with E-state index in [1.54, 1.807) is 13.2 Å². The Morgan fingerprint density at radius 2 is 2.11 bits per heavy atom. The van der Waals surface area contributed by atoms with E-state index in [0.29, 0.717) is 4.47 Å². The number of nitrogens with one attached hydrogen (secondary N) is 1. The standard InChI is InChI=1S/C12H21BrN4O/c1-5-17(6-2)8-9(3)15-10-7-14-16(4)12(18)11(10)13/h7,9,15H,5-6,8H2,1-4H3. The second-order valence-corrected chi connectivity index (χ2v) is 5.13. The van der Waals surface area contributed by atoms with Gasteiger partial charge in [0, 0.05) is 19.6 Å². The van der Waals surface area contributed by atoms with Crippen LogP contribution in [0.5, 0.6) is 0 Å². The van der Waals surface area contributed by atoms with Gasteiger partial charge in [0.05, 0.1) is 11.9 Å². The molecule has 0 saturated carbocycles.